The van der Waals surface area contributed by atoms with Gasteiger partial charge in [-0.2, -0.15) is 5.26 Å². The Morgan fingerprint density at radius 1 is 1.59 bits per heavy atom. The molecular formula is C12H16N4O. The number of aromatic nitrogens is 2. The number of nitrogens with one attached hydrogen (secondary N) is 1. The van der Waals surface area contributed by atoms with Gasteiger partial charge in [0.1, 0.15) is 24.1 Å². The van der Waals surface area contributed by atoms with E-state index in [1.54, 1.807) is 0 Å². The summed E-state index contributed by atoms with van der Waals surface area (Å²) in [6, 6.07) is 2.05. The van der Waals surface area contributed by atoms with Crippen LogP contribution in [0.1, 0.15) is 25.8 Å². The van der Waals surface area contributed by atoms with Crippen molar-refractivity contribution in [2.45, 2.75) is 26.4 Å². The third kappa shape index (κ3) is 2.53. The molecular weight excluding hydrogens is 216 g/mol. The van der Waals surface area contributed by atoms with Crippen LogP contribution >= 0.6 is 0 Å². The fourth-order valence-electron chi connectivity index (χ4n) is 1.99. The van der Waals surface area contributed by atoms with E-state index < -0.39 is 0 Å². The highest BCUT2D eigenvalue weighted by atomic mass is 16.5. The third-order valence-electron chi connectivity index (χ3n) is 3.09. The molecule has 1 aliphatic rings. The molecule has 90 valence electrons. The van der Waals surface area contributed by atoms with Gasteiger partial charge >= 0.3 is 0 Å². The average Bonchev–Trinajstić information content (AvgIpc) is 2.32. The summed E-state index contributed by atoms with van der Waals surface area (Å²) in [7, 11) is 0. The van der Waals surface area contributed by atoms with E-state index in [4.69, 9.17) is 10.00 Å². The van der Waals surface area contributed by atoms with E-state index in [2.05, 4.69) is 29.1 Å². The highest BCUT2D eigenvalue weighted by Gasteiger charge is 2.34. The normalized spacial score (nSPS) is 22.8. The number of hydrogen-bond acceptors (Lipinski definition) is 5. The highest BCUT2D eigenvalue weighted by molar-refractivity contribution is 5.35. The van der Waals surface area contributed by atoms with E-state index in [0.717, 1.165) is 19.5 Å². The van der Waals surface area contributed by atoms with Crippen LogP contribution in [0, 0.1) is 16.7 Å². The second-order valence-corrected chi connectivity index (χ2v) is 4.91. The van der Waals surface area contributed by atoms with Gasteiger partial charge in [-0.3, -0.25) is 0 Å². The van der Waals surface area contributed by atoms with Gasteiger partial charge in [0.25, 0.3) is 0 Å². The van der Waals surface area contributed by atoms with Crippen LogP contribution in [-0.4, -0.2) is 29.2 Å². The second-order valence-electron chi connectivity index (χ2n) is 4.91. The van der Waals surface area contributed by atoms with Crippen molar-refractivity contribution < 1.29 is 4.74 Å². The summed E-state index contributed by atoms with van der Waals surface area (Å²) in [5.74, 6) is 0.391. The first-order valence-corrected chi connectivity index (χ1v) is 5.71. The van der Waals surface area contributed by atoms with Crippen LogP contribution in [0.2, 0.25) is 0 Å². The van der Waals surface area contributed by atoms with Crippen molar-refractivity contribution in [3.63, 3.8) is 0 Å². The second kappa shape index (κ2) is 4.68. The van der Waals surface area contributed by atoms with Crippen molar-refractivity contribution in [1.29, 1.82) is 5.26 Å². The first kappa shape index (κ1) is 11.8. The number of nitrogens with zero attached hydrogens (tertiary/aromatic N) is 3. The lowest BCUT2D eigenvalue weighted by atomic mass is 9.82. The summed E-state index contributed by atoms with van der Waals surface area (Å²) in [5, 5.41) is 12.3. The first-order valence-electron chi connectivity index (χ1n) is 5.71. The lowest BCUT2D eigenvalue weighted by molar-refractivity contribution is 0.0411. The molecule has 0 aliphatic carbocycles. The molecule has 2 heterocycles. The van der Waals surface area contributed by atoms with Crippen LogP contribution < -0.4 is 10.1 Å². The zero-order chi connectivity index (χ0) is 12.3. The molecule has 1 aromatic rings. The molecule has 17 heavy (non-hydrogen) atoms. The Labute approximate surface area is 101 Å². The summed E-state index contributed by atoms with van der Waals surface area (Å²) in [4.78, 5) is 7.85. The summed E-state index contributed by atoms with van der Waals surface area (Å²) in [5.41, 5.74) is 0.428. The SMILES string of the molecule is CC1(C)CNCCC1Oc1ncncc1C#N. The van der Waals surface area contributed by atoms with Gasteiger partial charge in [-0.25, -0.2) is 9.97 Å². The molecule has 0 bridgehead atoms. The van der Waals surface area contributed by atoms with Gasteiger partial charge in [0.15, 0.2) is 0 Å². The first-order chi connectivity index (χ1) is 8.13. The molecule has 1 atom stereocenters. The van der Waals surface area contributed by atoms with Gasteiger partial charge in [-0.05, 0) is 13.0 Å². The number of nitriles is 1. The predicted octanol–water partition coefficient (Wildman–Crippen LogP) is 1.12. The molecule has 1 unspecified atom stereocenters. The Morgan fingerprint density at radius 2 is 2.41 bits per heavy atom. The lowest BCUT2D eigenvalue weighted by Crippen LogP contribution is -2.49. The van der Waals surface area contributed by atoms with Gasteiger partial charge < -0.3 is 10.1 Å². The molecule has 5 nitrogen and oxygen atoms in total. The number of piperidine rings is 1. The topological polar surface area (TPSA) is 70.8 Å². The molecule has 1 saturated heterocycles. The Hall–Kier alpha value is -1.67. The van der Waals surface area contributed by atoms with Crippen LogP contribution in [0.5, 0.6) is 5.88 Å². The number of ether oxygens (including phenoxy) is 1. The van der Waals surface area contributed by atoms with Crippen molar-refractivity contribution in [3.8, 4) is 11.9 Å². The molecule has 1 aliphatic heterocycles. The maximum atomic E-state index is 8.96. The van der Waals surface area contributed by atoms with Crippen LogP contribution in [0.25, 0.3) is 0 Å². The van der Waals surface area contributed by atoms with E-state index in [0.29, 0.717) is 11.4 Å². The van der Waals surface area contributed by atoms with Crippen LogP contribution in [0.15, 0.2) is 12.5 Å². The summed E-state index contributed by atoms with van der Waals surface area (Å²) >= 11 is 0. The predicted molar refractivity (Wildman–Crippen MR) is 62.4 cm³/mol. The largest absolute Gasteiger partial charge is 0.473 e. The minimum Gasteiger partial charge on any atom is -0.473 e. The molecule has 2 rings (SSSR count). The van der Waals surface area contributed by atoms with Gasteiger partial charge in [-0.15, -0.1) is 0 Å². The molecule has 1 N–H and O–H groups in total. The van der Waals surface area contributed by atoms with Crippen molar-refractivity contribution in [2.24, 2.45) is 5.41 Å². The molecule has 0 saturated carbocycles. The van der Waals surface area contributed by atoms with Crippen LogP contribution in [-0.2, 0) is 0 Å². The van der Waals surface area contributed by atoms with Crippen LogP contribution in [0.3, 0.4) is 0 Å². The minimum absolute atomic E-state index is 0.0376. The maximum absolute atomic E-state index is 8.96. The molecule has 0 amide bonds. The van der Waals surface area contributed by atoms with Gasteiger partial charge in [0.05, 0.1) is 6.20 Å². The summed E-state index contributed by atoms with van der Waals surface area (Å²) in [6.07, 6.45) is 3.88. The molecule has 0 aromatic carbocycles. The smallest absolute Gasteiger partial charge is 0.235 e. The van der Waals surface area contributed by atoms with Gasteiger partial charge in [0.2, 0.25) is 5.88 Å². The quantitative estimate of drug-likeness (QED) is 0.827. The van der Waals surface area contributed by atoms with Crippen molar-refractivity contribution in [1.82, 2.24) is 15.3 Å². The van der Waals surface area contributed by atoms with Crippen LogP contribution in [0.4, 0.5) is 0 Å². The van der Waals surface area contributed by atoms with Gasteiger partial charge in [0, 0.05) is 12.0 Å². The summed E-state index contributed by atoms with van der Waals surface area (Å²) < 4.78 is 5.88. The minimum atomic E-state index is 0.0376. The van der Waals surface area contributed by atoms with Crippen molar-refractivity contribution in [3.05, 3.63) is 18.1 Å². The standard InChI is InChI=1S/C12H16N4O/c1-12(2)7-14-4-3-10(12)17-11-9(5-13)6-15-8-16-11/h6,8,10,14H,3-4,7H2,1-2H3. The number of hydrogen-bond donors (Lipinski definition) is 1. The molecule has 1 aromatic heterocycles. The van der Waals surface area contributed by atoms with E-state index in [-0.39, 0.29) is 11.5 Å². The zero-order valence-corrected chi connectivity index (χ0v) is 10.1. The van der Waals surface area contributed by atoms with E-state index in [1.165, 1.54) is 12.5 Å². The Morgan fingerprint density at radius 3 is 3.12 bits per heavy atom. The number of rotatable bonds is 2. The Balaban J connectivity index is 2.17. The Bertz CT molecular complexity index is 438. The third-order valence-corrected chi connectivity index (χ3v) is 3.09. The van der Waals surface area contributed by atoms with E-state index in [9.17, 15) is 0 Å². The summed E-state index contributed by atoms with van der Waals surface area (Å²) in [6.45, 7) is 6.14. The average molecular weight is 232 g/mol. The highest BCUT2D eigenvalue weighted by Crippen LogP contribution is 2.29. The maximum Gasteiger partial charge on any atom is 0.235 e. The zero-order valence-electron chi connectivity index (χ0n) is 10.1. The fourth-order valence-corrected chi connectivity index (χ4v) is 1.99. The Kier molecular flexibility index (Phi) is 3.25. The van der Waals surface area contributed by atoms with Crippen molar-refractivity contribution in [2.75, 3.05) is 13.1 Å². The van der Waals surface area contributed by atoms with Crippen molar-refractivity contribution >= 4 is 0 Å². The van der Waals surface area contributed by atoms with Gasteiger partial charge in [-0.1, -0.05) is 13.8 Å². The molecule has 5 heteroatoms. The molecule has 0 spiro atoms. The molecule has 0 radical (unpaired) electrons. The lowest BCUT2D eigenvalue weighted by Gasteiger charge is -2.38. The molecule has 1 fully saturated rings. The monoisotopic (exact) mass is 232 g/mol. The fraction of sp³-hybridized carbons (Fsp3) is 0.583. The van der Waals surface area contributed by atoms with E-state index in [1.807, 2.05) is 6.07 Å². The van der Waals surface area contributed by atoms with E-state index >= 15 is 0 Å².